The van der Waals surface area contributed by atoms with Crippen LogP contribution in [-0.4, -0.2) is 16.5 Å². The summed E-state index contributed by atoms with van der Waals surface area (Å²) in [6.07, 6.45) is 10.5. The van der Waals surface area contributed by atoms with Crippen molar-refractivity contribution < 1.29 is 9.90 Å². The first-order valence-corrected chi connectivity index (χ1v) is 12.9. The molecule has 4 aliphatic rings. The van der Waals surface area contributed by atoms with Gasteiger partial charge >= 0.3 is 0 Å². The number of hydrogen-bond acceptors (Lipinski definition) is 2. The van der Waals surface area contributed by atoms with Crippen molar-refractivity contribution in [3.63, 3.8) is 0 Å². The van der Waals surface area contributed by atoms with E-state index in [1.54, 1.807) is 0 Å². The predicted octanol–water partition coefficient (Wildman–Crippen LogP) is 6.90. The van der Waals surface area contributed by atoms with Crippen LogP contribution in [-0.2, 0) is 0 Å². The molecule has 0 aromatic heterocycles. The third kappa shape index (κ3) is 3.26. The molecule has 31 heavy (non-hydrogen) atoms. The number of ketones is 1. The van der Waals surface area contributed by atoms with Gasteiger partial charge in [0.2, 0.25) is 0 Å². The van der Waals surface area contributed by atoms with Gasteiger partial charge in [0.1, 0.15) is 0 Å². The summed E-state index contributed by atoms with van der Waals surface area (Å²) in [6.45, 7) is 11.3. The van der Waals surface area contributed by atoms with Gasteiger partial charge in [0.25, 0.3) is 0 Å². The van der Waals surface area contributed by atoms with E-state index < -0.39 is 5.60 Å². The van der Waals surface area contributed by atoms with Crippen LogP contribution >= 0.6 is 0 Å². The first-order valence-electron chi connectivity index (χ1n) is 12.9. The van der Waals surface area contributed by atoms with Crippen LogP contribution in [0.25, 0.3) is 0 Å². The van der Waals surface area contributed by atoms with Gasteiger partial charge in [-0.15, -0.1) is 0 Å². The number of carbonyl (C=O) groups excluding carboxylic acids is 1. The van der Waals surface area contributed by atoms with Crippen molar-refractivity contribution in [2.24, 2.45) is 40.4 Å². The molecule has 0 aliphatic heterocycles. The maximum Gasteiger partial charge on any atom is 0.166 e. The second-order valence-electron chi connectivity index (χ2n) is 12.7. The van der Waals surface area contributed by atoms with Crippen molar-refractivity contribution in [2.45, 2.75) is 98.0 Å². The maximum atomic E-state index is 13.7. The zero-order valence-electron chi connectivity index (χ0n) is 20.3. The lowest BCUT2D eigenvalue weighted by Crippen LogP contribution is -2.55. The number of fused-ring (bicyclic) bond motifs is 5. The van der Waals surface area contributed by atoms with Crippen molar-refractivity contribution in [1.82, 2.24) is 0 Å². The van der Waals surface area contributed by atoms with E-state index >= 15 is 0 Å². The summed E-state index contributed by atoms with van der Waals surface area (Å²) in [6, 6.07) is 6.31. The lowest BCUT2D eigenvalue weighted by Gasteiger charge is -2.61. The van der Waals surface area contributed by atoms with Crippen LogP contribution < -0.4 is 0 Å². The van der Waals surface area contributed by atoms with Crippen LogP contribution in [0.2, 0.25) is 0 Å². The smallest absolute Gasteiger partial charge is 0.166 e. The molecular weight excluding hydrogens is 380 g/mol. The average Bonchev–Trinajstić information content (AvgIpc) is 3.07. The summed E-state index contributed by atoms with van der Waals surface area (Å²) in [7, 11) is 0. The first-order chi connectivity index (χ1) is 14.6. The predicted molar refractivity (Wildman–Crippen MR) is 126 cm³/mol. The third-order valence-corrected chi connectivity index (χ3v) is 11.1. The number of rotatable bonds is 2. The van der Waals surface area contributed by atoms with E-state index in [1.165, 1.54) is 49.7 Å². The van der Waals surface area contributed by atoms with E-state index in [1.807, 2.05) is 0 Å². The van der Waals surface area contributed by atoms with Crippen molar-refractivity contribution in [2.75, 3.05) is 0 Å². The fraction of sp³-hybridized carbons (Fsp3) is 0.759. The molecule has 4 fully saturated rings. The van der Waals surface area contributed by atoms with E-state index in [9.17, 15) is 9.90 Å². The molecule has 0 amide bonds. The Hall–Kier alpha value is -1.15. The van der Waals surface area contributed by atoms with Crippen LogP contribution in [0.4, 0.5) is 0 Å². The highest BCUT2D eigenvalue weighted by Gasteiger charge is 2.61. The van der Waals surface area contributed by atoms with E-state index in [-0.39, 0.29) is 11.3 Å². The topological polar surface area (TPSA) is 37.3 Å². The molecule has 0 bridgehead atoms. The molecule has 1 aromatic carbocycles. The van der Waals surface area contributed by atoms with E-state index in [4.69, 9.17) is 0 Å². The normalized spacial score (nSPS) is 46.7. The Labute approximate surface area is 189 Å². The number of hydrogen-bond donors (Lipinski definition) is 1. The quantitative estimate of drug-likeness (QED) is 0.527. The van der Waals surface area contributed by atoms with Crippen molar-refractivity contribution >= 4 is 5.78 Å². The highest BCUT2D eigenvalue weighted by molar-refractivity contribution is 5.98. The average molecular weight is 423 g/mol. The maximum absolute atomic E-state index is 13.7. The van der Waals surface area contributed by atoms with Gasteiger partial charge in [-0.05, 0) is 130 Å². The zero-order chi connectivity index (χ0) is 22.2. The van der Waals surface area contributed by atoms with Crippen molar-refractivity contribution in [3.8, 4) is 0 Å². The summed E-state index contributed by atoms with van der Waals surface area (Å²) in [5, 5.41) is 10.7. The van der Waals surface area contributed by atoms with Crippen LogP contribution in [0, 0.1) is 54.3 Å². The summed E-state index contributed by atoms with van der Waals surface area (Å²) in [4.78, 5) is 13.7. The number of aliphatic hydroxyl groups is 1. The number of carbonyl (C=O) groups is 1. The second kappa shape index (κ2) is 7.17. The van der Waals surface area contributed by atoms with Gasteiger partial charge in [0.15, 0.2) is 5.78 Å². The lowest BCUT2D eigenvalue weighted by atomic mass is 9.44. The summed E-state index contributed by atoms with van der Waals surface area (Å²) in [5.74, 6) is 3.54. The van der Waals surface area contributed by atoms with Gasteiger partial charge in [0, 0.05) is 11.5 Å². The van der Waals surface area contributed by atoms with Crippen molar-refractivity contribution in [3.05, 3.63) is 34.9 Å². The lowest BCUT2D eigenvalue weighted by molar-refractivity contribution is -0.144. The molecule has 8 atom stereocenters. The van der Waals surface area contributed by atoms with Crippen LogP contribution in [0.3, 0.4) is 0 Å². The van der Waals surface area contributed by atoms with Gasteiger partial charge in [-0.2, -0.15) is 0 Å². The zero-order valence-corrected chi connectivity index (χ0v) is 20.3. The molecule has 2 nitrogen and oxygen atoms in total. The molecule has 1 aromatic rings. The molecule has 0 unspecified atom stereocenters. The van der Waals surface area contributed by atoms with Gasteiger partial charge in [0.05, 0.1) is 5.60 Å². The van der Waals surface area contributed by atoms with Gasteiger partial charge in [-0.25, -0.2) is 0 Å². The Kier molecular flexibility index (Phi) is 5.02. The first kappa shape index (κ1) is 21.7. The SMILES string of the molecule is Cc1ccc(C(=O)[C@H]2CC[C@H]3[C@@H]4CC[C@@H]5C[C@](C)(O)CC[C@]5(C)[C@H]4CC[C@]23C)cc1C. The minimum atomic E-state index is -0.461. The van der Waals surface area contributed by atoms with Gasteiger partial charge in [-0.3, -0.25) is 4.79 Å². The van der Waals surface area contributed by atoms with Crippen molar-refractivity contribution in [1.29, 1.82) is 0 Å². The van der Waals surface area contributed by atoms with Gasteiger partial charge < -0.3 is 5.11 Å². The third-order valence-electron chi connectivity index (χ3n) is 11.1. The van der Waals surface area contributed by atoms with E-state index in [0.717, 1.165) is 36.7 Å². The highest BCUT2D eigenvalue weighted by Crippen LogP contribution is 2.68. The molecule has 0 radical (unpaired) electrons. The van der Waals surface area contributed by atoms with E-state index in [0.29, 0.717) is 23.0 Å². The molecule has 0 saturated heterocycles. The Morgan fingerprint density at radius 3 is 2.35 bits per heavy atom. The fourth-order valence-electron chi connectivity index (χ4n) is 8.96. The molecule has 5 rings (SSSR count). The van der Waals surface area contributed by atoms with Crippen LogP contribution in [0.15, 0.2) is 18.2 Å². The Morgan fingerprint density at radius 2 is 1.61 bits per heavy atom. The second-order valence-corrected chi connectivity index (χ2v) is 12.7. The molecule has 170 valence electrons. The molecule has 1 N–H and O–H groups in total. The molecule has 0 spiro atoms. The summed E-state index contributed by atoms with van der Waals surface area (Å²) < 4.78 is 0. The number of aryl methyl sites for hydroxylation is 2. The molecular formula is C29H42O2. The minimum Gasteiger partial charge on any atom is -0.390 e. The summed E-state index contributed by atoms with van der Waals surface area (Å²) >= 11 is 0. The monoisotopic (exact) mass is 422 g/mol. The van der Waals surface area contributed by atoms with E-state index in [2.05, 4.69) is 52.8 Å². The molecule has 4 aliphatic carbocycles. The Balaban J connectivity index is 1.39. The molecule has 0 heterocycles. The summed E-state index contributed by atoms with van der Waals surface area (Å²) in [5.41, 5.74) is 3.53. The fourth-order valence-corrected chi connectivity index (χ4v) is 8.96. The largest absolute Gasteiger partial charge is 0.390 e. The molecule has 2 heteroatoms. The standard InChI is InChI=1S/C29H42O2/c1-18-6-7-20(16-19(18)2)26(30)25-11-10-23-22-9-8-21-17-27(3,31)14-15-28(21,4)24(22)12-13-29(23,25)5/h6-7,16,21-25,31H,8-15,17H2,1-5H3/t21-,22+,23+,24+,25-,27-,28+,29+/m1/s1. The van der Waals surface area contributed by atoms with Crippen LogP contribution in [0.1, 0.15) is 100 Å². The number of benzene rings is 1. The minimum absolute atomic E-state index is 0.167. The van der Waals surface area contributed by atoms with Gasteiger partial charge in [-0.1, -0.05) is 26.0 Å². The number of Topliss-reactive ketones (excluding diaryl/α,β-unsaturated/α-hetero) is 1. The Morgan fingerprint density at radius 1 is 0.871 bits per heavy atom. The Bertz CT molecular complexity index is 885. The molecule has 4 saturated carbocycles. The highest BCUT2D eigenvalue weighted by atomic mass is 16.3. The van der Waals surface area contributed by atoms with Crippen LogP contribution in [0.5, 0.6) is 0 Å².